The maximum Gasteiger partial charge on any atom is 0.297 e. The van der Waals surface area contributed by atoms with Crippen LogP contribution in [-0.4, -0.2) is 38.8 Å². The van der Waals surface area contributed by atoms with Crippen molar-refractivity contribution in [3.05, 3.63) is 40.3 Å². The molecule has 9 heteroatoms. The average molecular weight is 407 g/mol. The Labute approximate surface area is 165 Å². The predicted octanol–water partition coefficient (Wildman–Crippen LogP) is 3.41. The molecule has 0 radical (unpaired) electrons. The van der Waals surface area contributed by atoms with E-state index in [1.54, 1.807) is 0 Å². The first kappa shape index (κ1) is 19.6. The molecular formula is C18H22N4O3S2. The van der Waals surface area contributed by atoms with Gasteiger partial charge in [0, 0.05) is 11.2 Å². The topological polar surface area (TPSA) is 78.6 Å². The maximum absolute atomic E-state index is 12.5. The van der Waals surface area contributed by atoms with E-state index in [0.717, 1.165) is 15.8 Å². The number of ether oxygens (including phenoxy) is 2. The van der Waals surface area contributed by atoms with Crippen molar-refractivity contribution in [3.8, 4) is 11.5 Å². The highest BCUT2D eigenvalue weighted by Gasteiger charge is 2.23. The molecule has 0 aliphatic rings. The van der Waals surface area contributed by atoms with Crippen LogP contribution in [0.4, 0.5) is 0 Å². The fourth-order valence-corrected chi connectivity index (χ4v) is 4.07. The summed E-state index contributed by atoms with van der Waals surface area (Å²) in [4.78, 5) is 13.0. The summed E-state index contributed by atoms with van der Waals surface area (Å²) in [6.07, 6.45) is 0. The number of hydrogen-bond donors (Lipinski definition) is 0. The van der Waals surface area contributed by atoms with Crippen LogP contribution < -0.4 is 15.0 Å². The normalized spacial score (nSPS) is 11.7. The molecule has 0 spiro atoms. The van der Waals surface area contributed by atoms with Crippen LogP contribution in [0.3, 0.4) is 0 Å². The first-order valence-electron chi connectivity index (χ1n) is 8.64. The Bertz CT molecular complexity index is 961. The molecule has 3 aromatic rings. The summed E-state index contributed by atoms with van der Waals surface area (Å²) in [6, 6.07) is 7.54. The summed E-state index contributed by atoms with van der Waals surface area (Å²) in [6.45, 7) is 8.93. The molecule has 0 amide bonds. The van der Waals surface area contributed by atoms with Gasteiger partial charge in [0.05, 0.1) is 13.2 Å². The van der Waals surface area contributed by atoms with Crippen LogP contribution in [0, 0.1) is 0 Å². The van der Waals surface area contributed by atoms with Crippen LogP contribution in [0.1, 0.15) is 33.4 Å². The molecule has 0 saturated heterocycles. The van der Waals surface area contributed by atoms with E-state index in [2.05, 4.69) is 15.3 Å². The highest BCUT2D eigenvalue weighted by molar-refractivity contribution is 8.01. The Morgan fingerprint density at radius 1 is 1.11 bits per heavy atom. The lowest BCUT2D eigenvalue weighted by Gasteiger charge is -2.14. The Balaban J connectivity index is 1.59. The van der Waals surface area contributed by atoms with E-state index in [1.807, 2.05) is 52.0 Å². The molecular weight excluding hydrogens is 384 g/mol. The van der Waals surface area contributed by atoms with Gasteiger partial charge in [-0.2, -0.15) is 4.52 Å². The highest BCUT2D eigenvalue weighted by atomic mass is 32.2. The van der Waals surface area contributed by atoms with E-state index < -0.39 is 0 Å². The highest BCUT2D eigenvalue weighted by Crippen LogP contribution is 2.24. The number of thioether (sulfide) groups is 1. The van der Waals surface area contributed by atoms with Crippen molar-refractivity contribution in [3.63, 3.8) is 0 Å². The molecule has 27 heavy (non-hydrogen) atoms. The van der Waals surface area contributed by atoms with Crippen molar-refractivity contribution >= 4 is 28.1 Å². The quantitative estimate of drug-likeness (QED) is 0.439. The number of benzene rings is 1. The molecule has 2 heterocycles. The third kappa shape index (κ3) is 4.78. The molecule has 2 aromatic heterocycles. The summed E-state index contributed by atoms with van der Waals surface area (Å²) >= 11 is 2.88. The summed E-state index contributed by atoms with van der Waals surface area (Å²) in [5.74, 6) is 2.33. The molecule has 0 fully saturated rings. The maximum atomic E-state index is 12.5. The van der Waals surface area contributed by atoms with Gasteiger partial charge in [-0.3, -0.25) is 4.79 Å². The Hall–Kier alpha value is -2.13. The van der Waals surface area contributed by atoms with Crippen molar-refractivity contribution in [2.24, 2.45) is 0 Å². The van der Waals surface area contributed by atoms with Crippen molar-refractivity contribution in [2.75, 3.05) is 19.0 Å². The smallest absolute Gasteiger partial charge is 0.297 e. The monoisotopic (exact) mass is 406 g/mol. The van der Waals surface area contributed by atoms with Gasteiger partial charge < -0.3 is 9.47 Å². The molecule has 0 bridgehead atoms. The van der Waals surface area contributed by atoms with Crippen molar-refractivity contribution in [1.29, 1.82) is 0 Å². The second-order valence-corrected chi connectivity index (χ2v) is 9.07. The van der Waals surface area contributed by atoms with E-state index in [1.165, 1.54) is 27.6 Å². The van der Waals surface area contributed by atoms with Crippen LogP contribution in [0.25, 0.3) is 4.96 Å². The molecule has 0 N–H and O–H groups in total. The van der Waals surface area contributed by atoms with E-state index in [9.17, 15) is 4.79 Å². The Morgan fingerprint density at radius 3 is 2.41 bits per heavy atom. The second-order valence-electron chi connectivity index (χ2n) is 6.77. The minimum absolute atomic E-state index is 0.207. The Morgan fingerprint density at radius 2 is 1.78 bits per heavy atom. The first-order valence-corrected chi connectivity index (χ1v) is 10.4. The van der Waals surface area contributed by atoms with Crippen molar-refractivity contribution in [2.45, 2.75) is 37.4 Å². The fraction of sp³-hybridized carbons (Fsp3) is 0.444. The lowest BCUT2D eigenvalue weighted by atomic mass is 9.93. The van der Waals surface area contributed by atoms with Crippen LogP contribution in [0.15, 0.2) is 33.4 Å². The minimum Gasteiger partial charge on any atom is -0.494 e. The summed E-state index contributed by atoms with van der Waals surface area (Å²) < 4.78 is 13.2. The van der Waals surface area contributed by atoms with E-state index in [0.29, 0.717) is 29.6 Å². The summed E-state index contributed by atoms with van der Waals surface area (Å²) in [7, 11) is 0. The first-order chi connectivity index (χ1) is 12.9. The largest absolute Gasteiger partial charge is 0.494 e. The lowest BCUT2D eigenvalue weighted by Crippen LogP contribution is -2.30. The van der Waals surface area contributed by atoms with Gasteiger partial charge >= 0.3 is 0 Å². The number of hydrogen-bond acceptors (Lipinski definition) is 8. The molecule has 0 aliphatic heterocycles. The molecule has 144 valence electrons. The second kappa shape index (κ2) is 8.26. The molecule has 0 atom stereocenters. The zero-order valence-corrected chi connectivity index (χ0v) is 17.4. The number of fused-ring (bicyclic) bond motifs is 1. The van der Waals surface area contributed by atoms with Gasteiger partial charge in [0.25, 0.3) is 5.56 Å². The zero-order chi connectivity index (χ0) is 19.4. The van der Waals surface area contributed by atoms with Crippen molar-refractivity contribution < 1.29 is 9.47 Å². The lowest BCUT2D eigenvalue weighted by molar-refractivity contribution is 0.332. The standard InChI is InChI=1S/C18H22N4O3S2/c1-5-24-12-6-8-13(9-7-12)25-10-11-26-17-21-22-15(23)14(18(2,3)4)19-20-16(22)27-17/h6-9H,5,10-11H2,1-4H3. The van der Waals surface area contributed by atoms with E-state index >= 15 is 0 Å². The molecule has 0 aliphatic carbocycles. The fourth-order valence-electron chi connectivity index (χ4n) is 2.31. The van der Waals surface area contributed by atoms with Gasteiger partial charge in [-0.15, -0.1) is 15.3 Å². The molecule has 0 unspecified atom stereocenters. The third-order valence-corrected chi connectivity index (χ3v) is 5.59. The molecule has 1 aromatic carbocycles. The van der Waals surface area contributed by atoms with Gasteiger partial charge in [-0.05, 0) is 31.2 Å². The van der Waals surface area contributed by atoms with Gasteiger partial charge in [0.2, 0.25) is 4.96 Å². The summed E-state index contributed by atoms with van der Waals surface area (Å²) in [5, 5.41) is 12.6. The van der Waals surface area contributed by atoms with E-state index in [4.69, 9.17) is 9.47 Å². The predicted molar refractivity (Wildman–Crippen MR) is 107 cm³/mol. The number of aromatic nitrogens is 4. The van der Waals surface area contributed by atoms with Crippen LogP contribution in [0.5, 0.6) is 11.5 Å². The minimum atomic E-state index is -0.367. The van der Waals surface area contributed by atoms with Crippen LogP contribution in [0.2, 0.25) is 0 Å². The molecule has 7 nitrogen and oxygen atoms in total. The SMILES string of the molecule is CCOc1ccc(OCCSc2nn3c(=O)c(C(C)(C)C)nnc3s2)cc1. The van der Waals surface area contributed by atoms with E-state index in [-0.39, 0.29) is 11.0 Å². The third-order valence-electron chi connectivity index (χ3n) is 3.59. The van der Waals surface area contributed by atoms with Crippen LogP contribution >= 0.6 is 23.1 Å². The van der Waals surface area contributed by atoms with Crippen molar-refractivity contribution in [1.82, 2.24) is 19.8 Å². The summed E-state index contributed by atoms with van der Waals surface area (Å²) in [5.41, 5.74) is -0.157. The molecule has 3 rings (SSSR count). The van der Waals surface area contributed by atoms with Gasteiger partial charge in [0.1, 0.15) is 17.2 Å². The Kier molecular flexibility index (Phi) is 6.01. The average Bonchev–Trinajstić information content (AvgIpc) is 3.03. The molecule has 0 saturated carbocycles. The van der Waals surface area contributed by atoms with Gasteiger partial charge in [-0.1, -0.05) is 43.9 Å². The van der Waals surface area contributed by atoms with Gasteiger partial charge in [0.15, 0.2) is 4.34 Å². The van der Waals surface area contributed by atoms with Crippen LogP contribution in [-0.2, 0) is 5.41 Å². The van der Waals surface area contributed by atoms with Gasteiger partial charge in [-0.25, -0.2) is 0 Å². The zero-order valence-electron chi connectivity index (χ0n) is 15.8. The number of nitrogens with zero attached hydrogens (tertiary/aromatic N) is 4. The number of rotatable bonds is 7.